The molecule has 0 heterocycles. The molecular formula is C26H22. The van der Waals surface area contributed by atoms with Crippen molar-refractivity contribution in [1.82, 2.24) is 0 Å². The third kappa shape index (κ3) is 2.74. The molecule has 26 heavy (non-hydrogen) atoms. The van der Waals surface area contributed by atoms with E-state index in [9.17, 15) is 0 Å². The summed E-state index contributed by atoms with van der Waals surface area (Å²) in [7, 11) is 0. The molecule has 0 nitrogen and oxygen atoms in total. The molecule has 0 fully saturated rings. The van der Waals surface area contributed by atoms with E-state index < -0.39 is 0 Å². The van der Waals surface area contributed by atoms with Gasteiger partial charge < -0.3 is 0 Å². The first-order valence-electron chi connectivity index (χ1n) is 9.09. The van der Waals surface area contributed by atoms with E-state index in [4.69, 9.17) is 0 Å². The number of allylic oxidation sites excluding steroid dienone is 9. The first kappa shape index (κ1) is 16.4. The fourth-order valence-corrected chi connectivity index (χ4v) is 3.86. The van der Waals surface area contributed by atoms with Crippen molar-refractivity contribution < 1.29 is 0 Å². The minimum absolute atomic E-state index is 0.967. The fraction of sp³-hybridized carbons (Fsp3) is 0.0769. The average Bonchev–Trinajstić information content (AvgIpc) is 3.03. The molecule has 0 radical (unpaired) electrons. The van der Waals surface area contributed by atoms with E-state index in [0.29, 0.717) is 0 Å². The van der Waals surface area contributed by atoms with Gasteiger partial charge in [0.25, 0.3) is 0 Å². The van der Waals surface area contributed by atoms with Gasteiger partial charge in [-0.1, -0.05) is 97.6 Å². The molecule has 0 amide bonds. The summed E-state index contributed by atoms with van der Waals surface area (Å²) in [5.41, 5.74) is 5.40. The molecule has 0 heteroatoms. The first-order chi connectivity index (χ1) is 12.8. The van der Waals surface area contributed by atoms with Gasteiger partial charge in [-0.3, -0.25) is 0 Å². The second-order valence-corrected chi connectivity index (χ2v) is 6.58. The second kappa shape index (κ2) is 7.01. The van der Waals surface area contributed by atoms with Crippen LogP contribution in [-0.2, 0) is 6.42 Å². The SMILES string of the molecule is C=C/C=C1/C(=C\C=C\C=C/C)Cc2ccc3ccc4ccccc4c3c21. The standard InChI is InChI=1S/C26H22/c1-3-5-6-7-12-21-18-22-17-16-20-15-14-19-11-8-9-13-24(19)25(20)26(22)23(21)10-4-2/h3-17H,2,18H2,1H3/b5-3-,7-6+,21-12-,23-10-. The lowest BCUT2D eigenvalue weighted by molar-refractivity contribution is 1.27. The molecule has 1 aliphatic rings. The highest BCUT2D eigenvalue weighted by atomic mass is 14.3. The van der Waals surface area contributed by atoms with Crippen molar-refractivity contribution in [2.24, 2.45) is 0 Å². The Morgan fingerprint density at radius 3 is 2.50 bits per heavy atom. The summed E-state index contributed by atoms with van der Waals surface area (Å²) in [5.74, 6) is 0. The summed E-state index contributed by atoms with van der Waals surface area (Å²) in [4.78, 5) is 0. The minimum Gasteiger partial charge on any atom is -0.0990 e. The monoisotopic (exact) mass is 334 g/mol. The van der Waals surface area contributed by atoms with Crippen LogP contribution in [0.25, 0.3) is 27.1 Å². The lowest BCUT2D eigenvalue weighted by atomic mass is 9.93. The third-order valence-corrected chi connectivity index (χ3v) is 4.99. The molecule has 0 aliphatic heterocycles. The Bertz CT molecular complexity index is 1120. The van der Waals surface area contributed by atoms with Crippen molar-refractivity contribution in [2.75, 3.05) is 0 Å². The number of fused-ring (bicyclic) bond motifs is 5. The molecule has 0 bridgehead atoms. The topological polar surface area (TPSA) is 0 Å². The van der Waals surface area contributed by atoms with Gasteiger partial charge in [-0.15, -0.1) is 0 Å². The van der Waals surface area contributed by atoms with E-state index >= 15 is 0 Å². The molecule has 4 rings (SSSR count). The quantitative estimate of drug-likeness (QED) is 0.351. The Morgan fingerprint density at radius 1 is 0.846 bits per heavy atom. The van der Waals surface area contributed by atoms with Crippen molar-refractivity contribution in [3.8, 4) is 0 Å². The van der Waals surface area contributed by atoms with Gasteiger partial charge in [0.05, 0.1) is 0 Å². The van der Waals surface area contributed by atoms with Crippen LogP contribution in [0, 0.1) is 0 Å². The third-order valence-electron chi connectivity index (χ3n) is 4.99. The van der Waals surface area contributed by atoms with E-state index in [1.54, 1.807) is 0 Å². The number of hydrogen-bond donors (Lipinski definition) is 0. The van der Waals surface area contributed by atoms with Gasteiger partial charge in [0, 0.05) is 0 Å². The minimum atomic E-state index is 0.967. The van der Waals surface area contributed by atoms with Crippen LogP contribution in [-0.4, -0.2) is 0 Å². The highest BCUT2D eigenvalue weighted by Gasteiger charge is 2.23. The van der Waals surface area contributed by atoms with Crippen molar-refractivity contribution >= 4 is 27.1 Å². The van der Waals surface area contributed by atoms with Crippen molar-refractivity contribution in [3.05, 3.63) is 114 Å². The van der Waals surface area contributed by atoms with E-state index in [-0.39, 0.29) is 0 Å². The number of hydrogen-bond acceptors (Lipinski definition) is 0. The van der Waals surface area contributed by atoms with Gasteiger partial charge in [-0.2, -0.15) is 0 Å². The molecule has 0 saturated heterocycles. The molecule has 0 spiro atoms. The molecule has 3 aromatic carbocycles. The number of rotatable bonds is 3. The highest BCUT2D eigenvalue weighted by molar-refractivity contribution is 6.15. The van der Waals surface area contributed by atoms with E-state index in [2.05, 4.69) is 85.5 Å². The zero-order chi connectivity index (χ0) is 17.9. The van der Waals surface area contributed by atoms with Crippen LogP contribution >= 0.6 is 0 Å². The first-order valence-corrected chi connectivity index (χ1v) is 9.09. The lowest BCUT2D eigenvalue weighted by Gasteiger charge is -2.10. The van der Waals surface area contributed by atoms with E-state index in [1.165, 1.54) is 43.8 Å². The van der Waals surface area contributed by atoms with Crippen LogP contribution in [0.3, 0.4) is 0 Å². The summed E-state index contributed by atoms with van der Waals surface area (Å²) in [6.07, 6.45) is 15.5. The van der Waals surface area contributed by atoms with Gasteiger partial charge in [0.1, 0.15) is 0 Å². The van der Waals surface area contributed by atoms with Crippen LogP contribution in [0.1, 0.15) is 18.1 Å². The average molecular weight is 334 g/mol. The summed E-state index contributed by atoms with van der Waals surface area (Å²) in [5, 5.41) is 5.26. The maximum absolute atomic E-state index is 3.95. The smallest absolute Gasteiger partial charge is 0.00132 e. The van der Waals surface area contributed by atoms with Gasteiger partial charge in [0.15, 0.2) is 0 Å². The van der Waals surface area contributed by atoms with Gasteiger partial charge in [-0.05, 0) is 57.2 Å². The summed E-state index contributed by atoms with van der Waals surface area (Å²) < 4.78 is 0. The predicted molar refractivity (Wildman–Crippen MR) is 115 cm³/mol. The molecule has 0 N–H and O–H groups in total. The molecule has 126 valence electrons. The Balaban J connectivity index is 2.00. The summed E-state index contributed by atoms with van der Waals surface area (Å²) in [6.45, 7) is 5.98. The Kier molecular flexibility index (Phi) is 4.41. The Hall–Kier alpha value is -3.12. The van der Waals surface area contributed by atoms with Crippen LogP contribution in [0.5, 0.6) is 0 Å². The van der Waals surface area contributed by atoms with Crippen molar-refractivity contribution in [2.45, 2.75) is 13.3 Å². The van der Waals surface area contributed by atoms with Crippen LogP contribution in [0.2, 0.25) is 0 Å². The van der Waals surface area contributed by atoms with E-state index in [1.807, 2.05) is 19.1 Å². The summed E-state index contributed by atoms with van der Waals surface area (Å²) >= 11 is 0. The predicted octanol–water partition coefficient (Wildman–Crippen LogP) is 7.18. The van der Waals surface area contributed by atoms with Crippen LogP contribution in [0.15, 0.2) is 103 Å². The Morgan fingerprint density at radius 2 is 1.65 bits per heavy atom. The maximum atomic E-state index is 3.95. The van der Waals surface area contributed by atoms with Crippen LogP contribution < -0.4 is 0 Å². The maximum Gasteiger partial charge on any atom is -0.00132 e. The van der Waals surface area contributed by atoms with Gasteiger partial charge >= 0.3 is 0 Å². The molecule has 0 aromatic heterocycles. The lowest BCUT2D eigenvalue weighted by Crippen LogP contribution is -1.87. The second-order valence-electron chi connectivity index (χ2n) is 6.58. The largest absolute Gasteiger partial charge is 0.0990 e. The van der Waals surface area contributed by atoms with Gasteiger partial charge in [-0.25, -0.2) is 0 Å². The zero-order valence-corrected chi connectivity index (χ0v) is 15.1. The molecular weight excluding hydrogens is 312 g/mol. The molecule has 0 atom stereocenters. The molecule has 0 unspecified atom stereocenters. The van der Waals surface area contributed by atoms with Crippen molar-refractivity contribution in [1.29, 1.82) is 0 Å². The molecule has 0 saturated carbocycles. The Labute approximate surface area is 155 Å². The molecule has 1 aliphatic carbocycles. The van der Waals surface area contributed by atoms with Crippen molar-refractivity contribution in [3.63, 3.8) is 0 Å². The zero-order valence-electron chi connectivity index (χ0n) is 15.1. The normalized spacial score (nSPS) is 17.3. The number of benzene rings is 3. The van der Waals surface area contributed by atoms with E-state index in [0.717, 1.165) is 6.42 Å². The molecule has 3 aromatic rings. The van der Waals surface area contributed by atoms with Crippen LogP contribution in [0.4, 0.5) is 0 Å². The fourth-order valence-electron chi connectivity index (χ4n) is 3.86. The van der Waals surface area contributed by atoms with Gasteiger partial charge in [0.2, 0.25) is 0 Å². The summed E-state index contributed by atoms with van der Waals surface area (Å²) in [6, 6.07) is 17.6. The highest BCUT2D eigenvalue weighted by Crippen LogP contribution is 2.43.